The first-order chi connectivity index (χ1) is 14.7. The molecule has 0 spiro atoms. The van der Waals surface area contributed by atoms with E-state index in [0.29, 0.717) is 25.4 Å². The van der Waals surface area contributed by atoms with Crippen molar-refractivity contribution >= 4 is 28.2 Å². The number of nitrogens with zero attached hydrogens (tertiary/aromatic N) is 2. The lowest BCUT2D eigenvalue weighted by molar-refractivity contribution is 0.0694. The van der Waals surface area contributed by atoms with Gasteiger partial charge in [0.1, 0.15) is 17.4 Å². The van der Waals surface area contributed by atoms with Crippen LogP contribution in [0.3, 0.4) is 0 Å². The van der Waals surface area contributed by atoms with E-state index in [9.17, 15) is 19.1 Å². The number of fused-ring (bicyclic) bond motifs is 1. The molecule has 1 aromatic heterocycles. The Kier molecular flexibility index (Phi) is 4.47. The number of carboxylic acids is 1. The molecule has 1 unspecified atom stereocenters. The molecule has 0 bridgehead atoms. The minimum Gasteiger partial charge on any atom is -0.477 e. The van der Waals surface area contributed by atoms with E-state index < -0.39 is 51.9 Å². The minimum absolute atomic E-state index is 0.0380. The van der Waals surface area contributed by atoms with Gasteiger partial charge < -0.3 is 26.0 Å². The molecule has 2 aliphatic carbocycles. The molecule has 1 aliphatic heterocycles. The second-order valence-corrected chi connectivity index (χ2v) is 8.93. The van der Waals surface area contributed by atoms with Crippen molar-refractivity contribution in [1.82, 2.24) is 4.57 Å². The fourth-order valence-corrected chi connectivity index (χ4v) is 4.85. The van der Waals surface area contributed by atoms with Crippen LogP contribution in [-0.4, -0.2) is 40.9 Å². The van der Waals surface area contributed by atoms with Gasteiger partial charge in [-0.05, 0) is 31.1 Å². The summed E-state index contributed by atoms with van der Waals surface area (Å²) < 4.78 is 46.0. The fourth-order valence-electron chi connectivity index (χ4n) is 4.85. The second kappa shape index (κ2) is 6.88. The molecular formula is C21H23F3N4O3. The largest absolute Gasteiger partial charge is 0.477 e. The highest BCUT2D eigenvalue weighted by Crippen LogP contribution is 2.45. The van der Waals surface area contributed by atoms with Crippen LogP contribution in [0.5, 0.6) is 0 Å². The lowest BCUT2D eigenvalue weighted by Gasteiger charge is -2.25. The van der Waals surface area contributed by atoms with Gasteiger partial charge in [0.25, 0.3) is 0 Å². The number of alkyl halides is 1. The molecule has 166 valence electrons. The molecule has 2 heterocycles. The van der Waals surface area contributed by atoms with Gasteiger partial charge in [-0.25, -0.2) is 18.0 Å². The summed E-state index contributed by atoms with van der Waals surface area (Å²) in [6.07, 6.45) is 2.46. The van der Waals surface area contributed by atoms with Gasteiger partial charge in [-0.15, -0.1) is 0 Å². The van der Waals surface area contributed by atoms with Crippen molar-refractivity contribution < 1.29 is 23.1 Å². The number of halogens is 3. The third kappa shape index (κ3) is 3.07. The van der Waals surface area contributed by atoms with Crippen LogP contribution >= 0.6 is 0 Å². The van der Waals surface area contributed by atoms with Crippen molar-refractivity contribution in [2.24, 2.45) is 17.6 Å². The topological polar surface area (TPSA) is 115 Å². The average Bonchev–Trinajstić information content (AvgIpc) is 3.64. The van der Waals surface area contributed by atoms with Gasteiger partial charge in [0.15, 0.2) is 11.6 Å². The van der Waals surface area contributed by atoms with E-state index in [0.717, 1.165) is 23.6 Å². The molecule has 2 saturated carbocycles. The zero-order valence-electron chi connectivity index (χ0n) is 16.7. The number of aromatic carboxylic acids is 1. The highest BCUT2D eigenvalue weighted by atomic mass is 19.1. The van der Waals surface area contributed by atoms with E-state index in [4.69, 9.17) is 11.5 Å². The first kappa shape index (κ1) is 20.2. The van der Waals surface area contributed by atoms with Gasteiger partial charge in [0.2, 0.25) is 5.43 Å². The first-order valence-corrected chi connectivity index (χ1v) is 10.4. The zero-order chi connectivity index (χ0) is 22.2. The summed E-state index contributed by atoms with van der Waals surface area (Å²) in [4.78, 5) is 25.7. The molecule has 4 atom stereocenters. The van der Waals surface area contributed by atoms with Crippen LogP contribution < -0.4 is 21.8 Å². The quantitative estimate of drug-likeness (QED) is 0.620. The maximum Gasteiger partial charge on any atom is 0.341 e. The lowest BCUT2D eigenvalue weighted by Crippen LogP contribution is -2.34. The molecule has 1 saturated heterocycles. The number of rotatable bonds is 5. The van der Waals surface area contributed by atoms with E-state index in [1.165, 1.54) is 4.90 Å². The third-order valence-electron chi connectivity index (χ3n) is 6.88. The zero-order valence-corrected chi connectivity index (χ0v) is 16.7. The molecule has 2 aromatic rings. The Morgan fingerprint density at radius 1 is 1.19 bits per heavy atom. The van der Waals surface area contributed by atoms with E-state index in [1.807, 2.05) is 0 Å². The van der Waals surface area contributed by atoms with Crippen LogP contribution in [0.15, 0.2) is 11.0 Å². The molecule has 5 rings (SSSR count). The predicted octanol–water partition coefficient (Wildman–Crippen LogP) is 2.41. The van der Waals surface area contributed by atoms with Crippen LogP contribution in [0.25, 0.3) is 10.9 Å². The predicted molar refractivity (Wildman–Crippen MR) is 109 cm³/mol. The normalized spacial score (nSPS) is 26.5. The van der Waals surface area contributed by atoms with Crippen LogP contribution in [-0.2, 0) is 0 Å². The van der Waals surface area contributed by atoms with Gasteiger partial charge in [0.05, 0.1) is 22.6 Å². The Bertz CT molecular complexity index is 1160. The Hall–Kier alpha value is -2.75. The Morgan fingerprint density at radius 3 is 2.45 bits per heavy atom. The molecular weight excluding hydrogens is 413 g/mol. The molecule has 3 fully saturated rings. The molecule has 7 nitrogen and oxygen atoms in total. The Balaban J connectivity index is 1.68. The highest BCUT2D eigenvalue weighted by molar-refractivity contribution is 5.99. The summed E-state index contributed by atoms with van der Waals surface area (Å²) in [5.41, 5.74) is 9.05. The molecule has 31 heavy (non-hydrogen) atoms. The number of benzene rings is 1. The number of aromatic nitrogens is 1. The second-order valence-electron chi connectivity index (χ2n) is 8.93. The summed E-state index contributed by atoms with van der Waals surface area (Å²) in [5, 5.41) is 8.78. The van der Waals surface area contributed by atoms with Crippen molar-refractivity contribution in [2.45, 2.75) is 43.9 Å². The standard InChI is InChI=1S/C21H23F3N4O3/c22-11-5-12(11)28-7-10(21(30)31)20(29)13-17(26)14(23)19(15(24)18(13)28)27-4-3-9(6-27)16(25)8-1-2-8/h7-9,11-12,16H,1-6,25-26H2,(H,30,31)/t9?,11-,12+,16-/m0/s1. The Morgan fingerprint density at radius 2 is 1.87 bits per heavy atom. The number of hydrogen-bond donors (Lipinski definition) is 3. The van der Waals surface area contributed by atoms with Crippen molar-refractivity contribution in [3.05, 3.63) is 33.6 Å². The first-order valence-electron chi connectivity index (χ1n) is 10.4. The van der Waals surface area contributed by atoms with Gasteiger partial charge in [-0.2, -0.15) is 0 Å². The molecule has 10 heteroatoms. The number of carbonyl (C=O) groups is 1. The summed E-state index contributed by atoms with van der Waals surface area (Å²) in [7, 11) is 0. The molecule has 1 aromatic carbocycles. The van der Waals surface area contributed by atoms with Crippen molar-refractivity contribution in [3.63, 3.8) is 0 Å². The number of pyridine rings is 1. The SMILES string of the molecule is Nc1c(F)c(N2CCC([C@@H](N)C3CC3)C2)c(F)c2c1c(=O)c(C(=O)O)cn2[C@@H]1C[C@@H]1F. The van der Waals surface area contributed by atoms with Crippen LogP contribution in [0.4, 0.5) is 24.5 Å². The fraction of sp³-hybridized carbons (Fsp3) is 0.524. The summed E-state index contributed by atoms with van der Waals surface area (Å²) in [5.74, 6) is -3.19. The monoisotopic (exact) mass is 436 g/mol. The molecule has 0 radical (unpaired) electrons. The van der Waals surface area contributed by atoms with E-state index in [2.05, 4.69) is 0 Å². The smallest absolute Gasteiger partial charge is 0.341 e. The van der Waals surface area contributed by atoms with Gasteiger partial charge in [-0.1, -0.05) is 0 Å². The summed E-state index contributed by atoms with van der Waals surface area (Å²) in [6.45, 7) is 0.722. The van der Waals surface area contributed by atoms with Crippen LogP contribution in [0, 0.1) is 23.5 Å². The van der Waals surface area contributed by atoms with E-state index in [1.54, 1.807) is 0 Å². The molecule has 3 aliphatic rings. The van der Waals surface area contributed by atoms with Crippen molar-refractivity contribution in [3.8, 4) is 0 Å². The van der Waals surface area contributed by atoms with Gasteiger partial charge in [0, 0.05) is 31.7 Å². The number of anilines is 2. The maximum absolute atomic E-state index is 15.8. The highest BCUT2D eigenvalue weighted by Gasteiger charge is 2.43. The summed E-state index contributed by atoms with van der Waals surface area (Å²) in [6, 6.07) is -0.869. The van der Waals surface area contributed by atoms with Crippen molar-refractivity contribution in [1.29, 1.82) is 0 Å². The number of nitrogens with two attached hydrogens (primary N) is 2. The van der Waals surface area contributed by atoms with Crippen LogP contribution in [0.1, 0.15) is 42.1 Å². The van der Waals surface area contributed by atoms with Gasteiger partial charge >= 0.3 is 5.97 Å². The number of nitrogen functional groups attached to an aromatic ring is 1. The number of hydrogen-bond acceptors (Lipinski definition) is 5. The Labute approximate surface area is 175 Å². The third-order valence-corrected chi connectivity index (χ3v) is 6.88. The van der Waals surface area contributed by atoms with Crippen LogP contribution in [0.2, 0.25) is 0 Å². The average molecular weight is 436 g/mol. The van der Waals surface area contributed by atoms with Gasteiger partial charge in [-0.3, -0.25) is 4.79 Å². The van der Waals surface area contributed by atoms with E-state index >= 15 is 8.78 Å². The lowest BCUT2D eigenvalue weighted by atomic mass is 9.96. The number of carboxylic acid groups (broad SMARTS) is 1. The maximum atomic E-state index is 15.8. The summed E-state index contributed by atoms with van der Waals surface area (Å²) >= 11 is 0. The molecule has 5 N–H and O–H groups in total. The van der Waals surface area contributed by atoms with E-state index in [-0.39, 0.29) is 29.6 Å². The minimum atomic E-state index is -1.57. The molecule has 0 amide bonds. The van der Waals surface area contributed by atoms with Crippen molar-refractivity contribution in [2.75, 3.05) is 23.7 Å².